The van der Waals surface area contributed by atoms with E-state index >= 15 is 0 Å². The molecule has 1 amide bonds. The third kappa shape index (κ3) is 11.6. The summed E-state index contributed by atoms with van der Waals surface area (Å²) in [5.74, 6) is 0.408. The van der Waals surface area contributed by atoms with Crippen LogP contribution in [0.15, 0.2) is 97.4 Å². The lowest BCUT2D eigenvalue weighted by Gasteiger charge is -2.48. The standard InChI is InChI=1S/C40H46F6N4O3/c1-7-10-14-27(8-2)19-34-22-33(21-32(9-3)50(34)37(51)53-38(4,5)6)49(25-29-17-30(39(41,42)43)20-31(18-29)40(44,45)46)36-47-23-35(24-48-36)52-26-28-15-12-11-13-16-28/h7-8,10-18,20,23-24,32-34H,2,9,19,21-22,25-26H2,1,3-6H3/b10-7-,27-14+/t32?,33-,34-/m0/s1. The quantitative estimate of drug-likeness (QED) is 0.136. The minimum Gasteiger partial charge on any atom is -0.486 e. The molecule has 7 nitrogen and oxygen atoms in total. The van der Waals surface area contributed by atoms with Crippen LogP contribution >= 0.6 is 0 Å². The molecule has 0 bridgehead atoms. The molecule has 3 aromatic rings. The molecule has 0 radical (unpaired) electrons. The van der Waals surface area contributed by atoms with E-state index in [1.165, 1.54) is 12.4 Å². The molecule has 1 fully saturated rings. The first-order chi connectivity index (χ1) is 24.9. The fourth-order valence-corrected chi connectivity index (χ4v) is 6.32. The van der Waals surface area contributed by atoms with Gasteiger partial charge in [-0.2, -0.15) is 26.3 Å². The average Bonchev–Trinajstić information content (AvgIpc) is 3.10. The second-order valence-corrected chi connectivity index (χ2v) is 13.9. The van der Waals surface area contributed by atoms with Crippen LogP contribution in [-0.2, 0) is 30.2 Å². The van der Waals surface area contributed by atoms with Crippen molar-refractivity contribution in [3.63, 3.8) is 0 Å². The molecule has 4 rings (SSSR count). The molecule has 0 aliphatic carbocycles. The van der Waals surface area contributed by atoms with Crippen LogP contribution in [0.5, 0.6) is 5.75 Å². The molecule has 1 aromatic heterocycles. The molecule has 0 N–H and O–H groups in total. The number of hydrogen-bond acceptors (Lipinski definition) is 6. The molecule has 1 saturated heterocycles. The topological polar surface area (TPSA) is 67.8 Å². The monoisotopic (exact) mass is 744 g/mol. The van der Waals surface area contributed by atoms with E-state index in [1.807, 2.05) is 62.4 Å². The number of carbonyl (C=O) groups excluding carboxylic acids is 1. The van der Waals surface area contributed by atoms with Crippen LogP contribution < -0.4 is 9.64 Å². The predicted octanol–water partition coefficient (Wildman–Crippen LogP) is 10.7. The Morgan fingerprint density at radius 1 is 0.943 bits per heavy atom. The van der Waals surface area contributed by atoms with Crippen molar-refractivity contribution in [1.82, 2.24) is 14.9 Å². The first kappa shape index (κ1) is 41.0. The number of carbonyl (C=O) groups is 1. The van der Waals surface area contributed by atoms with Gasteiger partial charge in [0.15, 0.2) is 5.75 Å². The minimum atomic E-state index is -5.02. The Hall–Kier alpha value is -4.81. The van der Waals surface area contributed by atoms with E-state index < -0.39 is 53.3 Å². The Bertz CT molecular complexity index is 1700. The normalized spacial score (nSPS) is 18.6. The zero-order chi connectivity index (χ0) is 39.0. The number of alkyl halides is 6. The predicted molar refractivity (Wildman–Crippen MR) is 192 cm³/mol. The van der Waals surface area contributed by atoms with Crippen molar-refractivity contribution in [2.75, 3.05) is 4.90 Å². The van der Waals surface area contributed by atoms with E-state index in [2.05, 4.69) is 16.5 Å². The molecule has 286 valence electrons. The Morgan fingerprint density at radius 3 is 2.08 bits per heavy atom. The number of nitrogens with zero attached hydrogens (tertiary/aromatic N) is 4. The van der Waals surface area contributed by atoms with Gasteiger partial charge in [0, 0.05) is 24.7 Å². The van der Waals surface area contributed by atoms with Crippen molar-refractivity contribution in [1.29, 1.82) is 0 Å². The summed E-state index contributed by atoms with van der Waals surface area (Å²) in [7, 11) is 0. The Balaban J connectivity index is 1.80. The average molecular weight is 745 g/mol. The molecular weight excluding hydrogens is 698 g/mol. The van der Waals surface area contributed by atoms with Crippen LogP contribution in [-0.4, -0.2) is 44.7 Å². The summed E-state index contributed by atoms with van der Waals surface area (Å²) in [6.45, 7) is 12.9. The summed E-state index contributed by atoms with van der Waals surface area (Å²) < 4.78 is 95.3. The molecule has 0 spiro atoms. The Labute approximate surface area is 307 Å². The summed E-state index contributed by atoms with van der Waals surface area (Å²) in [5, 5.41) is 0. The van der Waals surface area contributed by atoms with Crippen molar-refractivity contribution in [2.45, 2.75) is 110 Å². The largest absolute Gasteiger partial charge is 0.486 e. The van der Waals surface area contributed by atoms with Crippen LogP contribution in [0.1, 0.15) is 82.6 Å². The van der Waals surface area contributed by atoms with Crippen LogP contribution in [0.25, 0.3) is 0 Å². The van der Waals surface area contributed by atoms with Crippen LogP contribution in [0.2, 0.25) is 0 Å². The van der Waals surface area contributed by atoms with Gasteiger partial charge in [0.05, 0.1) is 23.5 Å². The van der Waals surface area contributed by atoms with Gasteiger partial charge in [-0.3, -0.25) is 0 Å². The number of amides is 1. The van der Waals surface area contributed by atoms with Gasteiger partial charge in [0.2, 0.25) is 5.95 Å². The minimum absolute atomic E-state index is 0.0840. The molecule has 3 atom stereocenters. The van der Waals surface area contributed by atoms with Gasteiger partial charge in [-0.15, -0.1) is 0 Å². The molecule has 0 saturated carbocycles. The highest BCUT2D eigenvalue weighted by Gasteiger charge is 2.43. The number of ether oxygens (including phenoxy) is 2. The van der Waals surface area contributed by atoms with Crippen molar-refractivity contribution >= 4 is 12.0 Å². The van der Waals surface area contributed by atoms with Crippen molar-refractivity contribution < 1.29 is 40.6 Å². The van der Waals surface area contributed by atoms with Gasteiger partial charge < -0.3 is 19.3 Å². The highest BCUT2D eigenvalue weighted by Crippen LogP contribution is 2.39. The van der Waals surface area contributed by atoms with Gasteiger partial charge in [-0.25, -0.2) is 14.8 Å². The highest BCUT2D eigenvalue weighted by molar-refractivity contribution is 5.69. The maximum atomic E-state index is 13.9. The van der Waals surface area contributed by atoms with Crippen molar-refractivity contribution in [2.24, 2.45) is 0 Å². The fourth-order valence-electron chi connectivity index (χ4n) is 6.32. The Kier molecular flexibility index (Phi) is 13.4. The Morgan fingerprint density at radius 2 is 1.55 bits per heavy atom. The summed E-state index contributed by atoms with van der Waals surface area (Å²) in [6, 6.07) is 9.54. The number of anilines is 1. The van der Waals surface area contributed by atoms with E-state index in [0.717, 1.165) is 23.3 Å². The third-order valence-corrected chi connectivity index (χ3v) is 8.75. The van der Waals surface area contributed by atoms with E-state index in [0.29, 0.717) is 25.0 Å². The highest BCUT2D eigenvalue weighted by atomic mass is 19.4. The molecule has 53 heavy (non-hydrogen) atoms. The van der Waals surface area contributed by atoms with Crippen LogP contribution in [0.3, 0.4) is 0 Å². The lowest BCUT2D eigenvalue weighted by molar-refractivity contribution is -0.143. The summed E-state index contributed by atoms with van der Waals surface area (Å²) in [5.41, 5.74) is -2.11. The van der Waals surface area contributed by atoms with Gasteiger partial charge in [0.25, 0.3) is 0 Å². The number of hydrogen-bond donors (Lipinski definition) is 0. The second-order valence-electron chi connectivity index (χ2n) is 13.9. The maximum absolute atomic E-state index is 13.9. The lowest BCUT2D eigenvalue weighted by atomic mass is 9.85. The van der Waals surface area contributed by atoms with Crippen molar-refractivity contribution in [3.8, 4) is 5.75 Å². The van der Waals surface area contributed by atoms with Gasteiger partial charge in [-0.05, 0) is 88.3 Å². The molecule has 2 heterocycles. The SMILES string of the molecule is C=C/C(=C\C=C/C)C[C@H]1C[C@@H](N(Cc2cc(C(F)(F)F)cc(C(F)(F)F)c2)c2ncc(OCc3ccccc3)cn2)CC(CC)N1C(=O)OC(C)(C)C. The summed E-state index contributed by atoms with van der Waals surface area (Å²) >= 11 is 0. The number of allylic oxidation sites excluding steroid dienone is 4. The number of halogens is 6. The molecule has 1 aliphatic rings. The second kappa shape index (κ2) is 17.3. The van der Waals surface area contributed by atoms with E-state index in [-0.39, 0.29) is 37.2 Å². The van der Waals surface area contributed by atoms with Gasteiger partial charge in [0.1, 0.15) is 12.2 Å². The number of likely N-dealkylation sites (tertiary alicyclic amines) is 1. The maximum Gasteiger partial charge on any atom is 0.416 e. The summed E-state index contributed by atoms with van der Waals surface area (Å²) in [4.78, 5) is 26.1. The number of benzene rings is 2. The zero-order valence-corrected chi connectivity index (χ0v) is 30.5. The lowest BCUT2D eigenvalue weighted by Crippen LogP contribution is -2.58. The first-order valence-electron chi connectivity index (χ1n) is 17.4. The zero-order valence-electron chi connectivity index (χ0n) is 30.5. The van der Waals surface area contributed by atoms with Crippen molar-refractivity contribution in [3.05, 3.63) is 120 Å². The number of piperidine rings is 1. The van der Waals surface area contributed by atoms with Gasteiger partial charge in [-0.1, -0.05) is 68.1 Å². The van der Waals surface area contributed by atoms with E-state index in [4.69, 9.17) is 9.47 Å². The smallest absolute Gasteiger partial charge is 0.416 e. The van der Waals surface area contributed by atoms with Crippen LogP contribution in [0.4, 0.5) is 37.1 Å². The van der Waals surface area contributed by atoms with E-state index in [9.17, 15) is 31.1 Å². The number of rotatable bonds is 12. The third-order valence-electron chi connectivity index (χ3n) is 8.75. The number of aromatic nitrogens is 2. The first-order valence-corrected chi connectivity index (χ1v) is 17.4. The molecular formula is C40H46F6N4O3. The molecule has 13 heteroatoms. The van der Waals surface area contributed by atoms with E-state index in [1.54, 1.807) is 36.6 Å². The summed E-state index contributed by atoms with van der Waals surface area (Å²) in [6.07, 6.45) is 1.00. The molecule has 2 aromatic carbocycles. The fraction of sp³-hybridized carbons (Fsp3) is 0.425. The van der Waals surface area contributed by atoms with Crippen LogP contribution in [0, 0.1) is 0 Å². The van der Waals surface area contributed by atoms with Gasteiger partial charge >= 0.3 is 18.4 Å². The molecule has 1 unspecified atom stereocenters. The molecule has 1 aliphatic heterocycles.